The summed E-state index contributed by atoms with van der Waals surface area (Å²) in [5.74, 6) is 0. The van der Waals surface area contributed by atoms with Crippen LogP contribution < -0.4 is 4.72 Å². The van der Waals surface area contributed by atoms with Crippen molar-refractivity contribution >= 4 is 26.0 Å². The molecule has 0 spiro atoms. The maximum atomic E-state index is 11.6. The van der Waals surface area contributed by atoms with Crippen LogP contribution in [0, 0.1) is 11.3 Å². The molecule has 0 amide bonds. The van der Waals surface area contributed by atoms with Gasteiger partial charge in [0.2, 0.25) is 10.0 Å². The molecule has 1 N–H and O–H groups in total. The van der Waals surface area contributed by atoms with Crippen molar-refractivity contribution in [2.45, 2.75) is 11.3 Å². The van der Waals surface area contributed by atoms with E-state index < -0.39 is 10.0 Å². The van der Waals surface area contributed by atoms with E-state index in [4.69, 9.17) is 5.26 Å². The first-order chi connectivity index (χ1) is 7.60. The first-order valence-corrected chi connectivity index (χ1v) is 7.22. The maximum Gasteiger partial charge on any atom is 0.241 e. The fraction of sp³-hybridized carbons (Fsp3) is 0.300. The predicted octanol–water partition coefficient (Wildman–Crippen LogP) is 1.43. The Labute approximate surface area is 103 Å². The average molecular weight is 303 g/mol. The predicted molar refractivity (Wildman–Crippen MR) is 64.7 cm³/mol. The third-order valence-electron chi connectivity index (χ3n) is 1.96. The fourth-order valence-electron chi connectivity index (χ4n) is 1.15. The fourth-order valence-corrected chi connectivity index (χ4v) is 2.53. The molecule has 0 aliphatic rings. The molecule has 0 saturated carbocycles. The SMILES string of the molecule is N#CCNS(=O)(=O)c1ccc(CCBr)cc1. The van der Waals surface area contributed by atoms with Gasteiger partial charge in [0, 0.05) is 5.33 Å². The van der Waals surface area contributed by atoms with Crippen LogP contribution in [0.3, 0.4) is 0 Å². The van der Waals surface area contributed by atoms with Gasteiger partial charge in [0.05, 0.1) is 17.5 Å². The number of aryl methyl sites for hydroxylation is 1. The highest BCUT2D eigenvalue weighted by Gasteiger charge is 2.12. The molecule has 0 aliphatic carbocycles. The van der Waals surface area contributed by atoms with Crippen molar-refractivity contribution in [2.24, 2.45) is 0 Å². The van der Waals surface area contributed by atoms with Gasteiger partial charge in [-0.25, -0.2) is 8.42 Å². The summed E-state index contributed by atoms with van der Waals surface area (Å²) in [4.78, 5) is 0.182. The molecule has 1 aromatic carbocycles. The molecule has 0 bridgehead atoms. The number of rotatable bonds is 5. The molecule has 0 aliphatic heterocycles. The molecule has 0 saturated heterocycles. The van der Waals surface area contributed by atoms with E-state index in [0.29, 0.717) is 0 Å². The second-order valence-corrected chi connectivity index (χ2v) is 5.63. The molecule has 0 radical (unpaired) electrons. The Morgan fingerprint density at radius 3 is 2.44 bits per heavy atom. The zero-order chi connectivity index (χ0) is 12.0. The molecular weight excluding hydrogens is 292 g/mol. The molecule has 0 heterocycles. The van der Waals surface area contributed by atoms with E-state index >= 15 is 0 Å². The lowest BCUT2D eigenvalue weighted by Gasteiger charge is -2.04. The highest BCUT2D eigenvalue weighted by Crippen LogP contribution is 2.11. The first-order valence-electron chi connectivity index (χ1n) is 4.61. The standard InChI is InChI=1S/C10H11BrN2O2S/c11-6-5-9-1-3-10(4-2-9)16(14,15)13-8-7-12/h1-4,13H,5-6,8H2. The number of halogens is 1. The molecule has 0 fully saturated rings. The number of hydrogen-bond donors (Lipinski definition) is 1. The van der Waals surface area contributed by atoms with Gasteiger partial charge in [0.15, 0.2) is 0 Å². The summed E-state index contributed by atoms with van der Waals surface area (Å²) in [7, 11) is -3.54. The summed E-state index contributed by atoms with van der Waals surface area (Å²) < 4.78 is 25.4. The van der Waals surface area contributed by atoms with Crippen LogP contribution in [-0.4, -0.2) is 20.3 Å². The van der Waals surface area contributed by atoms with Crippen molar-refractivity contribution in [3.8, 4) is 6.07 Å². The van der Waals surface area contributed by atoms with Crippen molar-refractivity contribution in [1.29, 1.82) is 5.26 Å². The zero-order valence-corrected chi connectivity index (χ0v) is 10.9. The number of nitrogens with one attached hydrogen (secondary N) is 1. The number of nitrogens with zero attached hydrogens (tertiary/aromatic N) is 1. The van der Waals surface area contributed by atoms with E-state index in [1.165, 1.54) is 12.1 Å². The van der Waals surface area contributed by atoms with E-state index in [0.717, 1.165) is 17.3 Å². The second-order valence-electron chi connectivity index (χ2n) is 3.07. The Morgan fingerprint density at radius 2 is 1.94 bits per heavy atom. The van der Waals surface area contributed by atoms with Gasteiger partial charge in [-0.05, 0) is 24.1 Å². The molecule has 6 heteroatoms. The van der Waals surface area contributed by atoms with Gasteiger partial charge in [-0.15, -0.1) is 0 Å². The van der Waals surface area contributed by atoms with Crippen LogP contribution in [-0.2, 0) is 16.4 Å². The van der Waals surface area contributed by atoms with Crippen molar-refractivity contribution in [2.75, 3.05) is 11.9 Å². The molecule has 86 valence electrons. The normalized spacial score (nSPS) is 11.0. The smallest absolute Gasteiger partial charge is 0.207 e. The highest BCUT2D eigenvalue weighted by molar-refractivity contribution is 9.09. The van der Waals surface area contributed by atoms with Crippen LogP contribution in [0.15, 0.2) is 29.2 Å². The van der Waals surface area contributed by atoms with Gasteiger partial charge in [0.1, 0.15) is 0 Å². The lowest BCUT2D eigenvalue weighted by atomic mass is 10.2. The first kappa shape index (κ1) is 13.2. The van der Waals surface area contributed by atoms with Crippen molar-refractivity contribution in [3.63, 3.8) is 0 Å². The Morgan fingerprint density at radius 1 is 1.31 bits per heavy atom. The third kappa shape index (κ3) is 3.59. The van der Waals surface area contributed by atoms with Crippen LogP contribution in [0.5, 0.6) is 0 Å². The zero-order valence-electron chi connectivity index (χ0n) is 8.48. The molecule has 1 aromatic rings. The summed E-state index contributed by atoms with van der Waals surface area (Å²) >= 11 is 3.31. The van der Waals surface area contributed by atoms with E-state index in [1.807, 2.05) is 0 Å². The van der Waals surface area contributed by atoms with Crippen molar-refractivity contribution in [1.82, 2.24) is 4.72 Å². The van der Waals surface area contributed by atoms with Crippen LogP contribution in [0.1, 0.15) is 5.56 Å². The summed E-state index contributed by atoms with van der Waals surface area (Å²) in [6, 6.07) is 8.34. The van der Waals surface area contributed by atoms with Crippen molar-refractivity contribution in [3.05, 3.63) is 29.8 Å². The van der Waals surface area contributed by atoms with Gasteiger partial charge >= 0.3 is 0 Å². The summed E-state index contributed by atoms with van der Waals surface area (Å²) in [6.45, 7) is -0.217. The largest absolute Gasteiger partial charge is 0.241 e. The number of hydrogen-bond acceptors (Lipinski definition) is 3. The number of nitriles is 1. The number of sulfonamides is 1. The molecule has 4 nitrogen and oxygen atoms in total. The van der Waals surface area contributed by atoms with Crippen LogP contribution in [0.2, 0.25) is 0 Å². The minimum absolute atomic E-state index is 0.182. The van der Waals surface area contributed by atoms with Crippen molar-refractivity contribution < 1.29 is 8.42 Å². The third-order valence-corrected chi connectivity index (χ3v) is 3.77. The summed E-state index contributed by atoms with van der Waals surface area (Å²) in [6.07, 6.45) is 0.853. The Kier molecular flexibility index (Phi) is 4.93. The van der Waals surface area contributed by atoms with Crippen LogP contribution in [0.4, 0.5) is 0 Å². The maximum absolute atomic E-state index is 11.6. The van der Waals surface area contributed by atoms with Gasteiger partial charge < -0.3 is 0 Å². The topological polar surface area (TPSA) is 70.0 Å². The molecular formula is C10H11BrN2O2S. The van der Waals surface area contributed by atoms with Gasteiger partial charge in [-0.1, -0.05) is 28.1 Å². The quantitative estimate of drug-likeness (QED) is 0.661. The lowest BCUT2D eigenvalue weighted by molar-refractivity contribution is 0.586. The molecule has 0 unspecified atom stereocenters. The van der Waals surface area contributed by atoms with Gasteiger partial charge in [-0.2, -0.15) is 9.98 Å². The van der Waals surface area contributed by atoms with E-state index in [-0.39, 0.29) is 11.4 Å². The number of alkyl halides is 1. The Bertz CT molecular complexity index is 477. The summed E-state index contributed by atoms with van der Waals surface area (Å²) in [5, 5.41) is 9.15. The van der Waals surface area contributed by atoms with E-state index in [2.05, 4.69) is 20.7 Å². The second kappa shape index (κ2) is 5.99. The minimum atomic E-state index is -3.54. The number of benzene rings is 1. The minimum Gasteiger partial charge on any atom is -0.207 e. The molecule has 0 aromatic heterocycles. The van der Waals surface area contributed by atoms with Gasteiger partial charge in [0.25, 0.3) is 0 Å². The van der Waals surface area contributed by atoms with Gasteiger partial charge in [-0.3, -0.25) is 0 Å². The molecule has 1 rings (SSSR count). The molecule has 0 atom stereocenters. The van der Waals surface area contributed by atoms with Crippen LogP contribution >= 0.6 is 15.9 Å². The highest BCUT2D eigenvalue weighted by atomic mass is 79.9. The average Bonchev–Trinajstić information content (AvgIpc) is 2.28. The summed E-state index contributed by atoms with van der Waals surface area (Å²) in [5.41, 5.74) is 1.07. The van der Waals surface area contributed by atoms with Crippen LogP contribution in [0.25, 0.3) is 0 Å². The Balaban J connectivity index is 2.85. The van der Waals surface area contributed by atoms with E-state index in [1.54, 1.807) is 18.2 Å². The Hall–Kier alpha value is -0.900. The van der Waals surface area contributed by atoms with E-state index in [9.17, 15) is 8.42 Å². The monoisotopic (exact) mass is 302 g/mol. The lowest BCUT2D eigenvalue weighted by Crippen LogP contribution is -2.23. The molecule has 16 heavy (non-hydrogen) atoms.